The van der Waals surface area contributed by atoms with Gasteiger partial charge in [-0.05, 0) is 98.3 Å². The van der Waals surface area contributed by atoms with Crippen molar-refractivity contribution in [2.75, 3.05) is 0 Å². The quantitative estimate of drug-likeness (QED) is 0.639. The Hall–Kier alpha value is -1.51. The van der Waals surface area contributed by atoms with E-state index < -0.39 is 0 Å². The van der Waals surface area contributed by atoms with Gasteiger partial charge in [-0.15, -0.1) is 0 Å². The highest BCUT2D eigenvalue weighted by atomic mass is 16.5. The molecule has 0 amide bonds. The van der Waals surface area contributed by atoms with E-state index in [-0.39, 0.29) is 23.4 Å². The van der Waals surface area contributed by atoms with Gasteiger partial charge in [-0.2, -0.15) is 0 Å². The van der Waals surface area contributed by atoms with Crippen LogP contribution in [0, 0.1) is 29.1 Å². The molecule has 0 aliphatic heterocycles. The molecule has 4 aliphatic rings. The topological polar surface area (TPSA) is 46.5 Å². The number of hydrogen-bond donors (Lipinski definition) is 1. The summed E-state index contributed by atoms with van der Waals surface area (Å²) in [6, 6.07) is 6.00. The van der Waals surface area contributed by atoms with Gasteiger partial charge in [0.15, 0.2) is 0 Å². The van der Waals surface area contributed by atoms with Gasteiger partial charge < -0.3 is 9.84 Å². The number of phenols is 1. The third kappa shape index (κ3) is 3.20. The molecule has 3 saturated carbocycles. The van der Waals surface area contributed by atoms with E-state index in [0.29, 0.717) is 29.4 Å². The number of ether oxygens (including phenoxy) is 1. The van der Waals surface area contributed by atoms with E-state index in [1.807, 2.05) is 12.1 Å². The van der Waals surface area contributed by atoms with Crippen LogP contribution in [0.4, 0.5) is 0 Å². The van der Waals surface area contributed by atoms with E-state index in [0.717, 1.165) is 19.3 Å². The molecule has 158 valence electrons. The molecule has 1 aromatic rings. The molecule has 3 fully saturated rings. The average molecular weight is 397 g/mol. The summed E-state index contributed by atoms with van der Waals surface area (Å²) in [7, 11) is 0. The maximum absolute atomic E-state index is 12.9. The maximum Gasteiger partial charge on any atom is 0.309 e. The Kier molecular flexibility index (Phi) is 4.91. The van der Waals surface area contributed by atoms with Gasteiger partial charge in [0.1, 0.15) is 11.9 Å². The number of carbonyl (C=O) groups is 1. The summed E-state index contributed by atoms with van der Waals surface area (Å²) >= 11 is 0. The van der Waals surface area contributed by atoms with Crippen molar-refractivity contribution in [1.29, 1.82) is 0 Å². The van der Waals surface area contributed by atoms with Crippen LogP contribution in [0.1, 0.15) is 88.7 Å². The molecule has 1 aromatic carbocycles. The third-order valence-corrected chi connectivity index (χ3v) is 9.36. The Labute approximate surface area is 175 Å². The van der Waals surface area contributed by atoms with Crippen LogP contribution in [-0.4, -0.2) is 17.2 Å². The van der Waals surface area contributed by atoms with Crippen molar-refractivity contribution in [3.05, 3.63) is 29.3 Å². The third-order valence-electron chi connectivity index (χ3n) is 9.36. The predicted molar refractivity (Wildman–Crippen MR) is 114 cm³/mol. The lowest BCUT2D eigenvalue weighted by atomic mass is 9.55. The monoisotopic (exact) mass is 396 g/mol. The second kappa shape index (κ2) is 7.32. The molecule has 0 aromatic heterocycles. The molecular formula is C26H36O3. The van der Waals surface area contributed by atoms with Gasteiger partial charge in [-0.25, -0.2) is 0 Å². The second-order valence-electron chi connectivity index (χ2n) is 10.7. The van der Waals surface area contributed by atoms with E-state index in [2.05, 4.69) is 19.9 Å². The van der Waals surface area contributed by atoms with E-state index >= 15 is 0 Å². The molecule has 1 unspecified atom stereocenters. The van der Waals surface area contributed by atoms with Crippen molar-refractivity contribution in [2.24, 2.45) is 29.1 Å². The molecule has 0 saturated heterocycles. The average Bonchev–Trinajstić information content (AvgIpc) is 3.35. The molecule has 4 aliphatic carbocycles. The summed E-state index contributed by atoms with van der Waals surface area (Å²) < 4.78 is 6.25. The smallest absolute Gasteiger partial charge is 0.309 e. The molecule has 0 spiro atoms. The Morgan fingerprint density at radius 1 is 1.14 bits per heavy atom. The van der Waals surface area contributed by atoms with Crippen LogP contribution in [-0.2, 0) is 16.0 Å². The van der Waals surface area contributed by atoms with Gasteiger partial charge in [0.25, 0.3) is 0 Å². The first kappa shape index (κ1) is 19.5. The number of esters is 1. The first-order valence-corrected chi connectivity index (χ1v) is 12.0. The Balaban J connectivity index is 1.31. The Morgan fingerprint density at radius 2 is 1.93 bits per heavy atom. The van der Waals surface area contributed by atoms with Crippen LogP contribution in [0.5, 0.6) is 5.75 Å². The first-order valence-electron chi connectivity index (χ1n) is 12.0. The number of carbonyl (C=O) groups excluding carboxylic acids is 1. The maximum atomic E-state index is 12.9. The standard InChI is InChI=1S/C26H36O3/c1-16(17-5-3-4-6-17)25(28)29-24-12-11-23-22-9-7-18-15-19(27)8-10-20(18)21(22)13-14-26(23,24)2/h8,10,15-17,21-24,27H,3-7,9,11-14H2,1-2H3/t16?,21-,22-,23+,24+,26+/m1/s1. The zero-order valence-corrected chi connectivity index (χ0v) is 18.0. The summed E-state index contributed by atoms with van der Waals surface area (Å²) in [5.74, 6) is 3.02. The first-order chi connectivity index (χ1) is 14.0. The van der Waals surface area contributed by atoms with Gasteiger partial charge in [0, 0.05) is 5.41 Å². The van der Waals surface area contributed by atoms with Crippen molar-refractivity contribution < 1.29 is 14.6 Å². The van der Waals surface area contributed by atoms with Crippen LogP contribution in [0.3, 0.4) is 0 Å². The number of rotatable bonds is 3. The van der Waals surface area contributed by atoms with Gasteiger partial charge >= 0.3 is 5.97 Å². The van der Waals surface area contributed by atoms with E-state index in [1.165, 1.54) is 56.1 Å². The molecular weight excluding hydrogens is 360 g/mol. The number of hydrogen-bond acceptors (Lipinski definition) is 3. The number of fused-ring (bicyclic) bond motifs is 5. The molecule has 5 rings (SSSR count). The van der Waals surface area contributed by atoms with Gasteiger partial charge in [0.2, 0.25) is 0 Å². The lowest BCUT2D eigenvalue weighted by molar-refractivity contribution is -0.163. The summed E-state index contributed by atoms with van der Waals surface area (Å²) in [6.45, 7) is 4.50. The zero-order valence-electron chi connectivity index (χ0n) is 18.0. The van der Waals surface area contributed by atoms with E-state index in [1.54, 1.807) is 0 Å². The van der Waals surface area contributed by atoms with Crippen LogP contribution < -0.4 is 0 Å². The van der Waals surface area contributed by atoms with Crippen LogP contribution >= 0.6 is 0 Å². The fourth-order valence-corrected chi connectivity index (χ4v) is 7.61. The number of aromatic hydroxyl groups is 1. The molecule has 1 N–H and O–H groups in total. The number of aryl methyl sites for hydroxylation is 1. The number of phenolic OH excluding ortho intramolecular Hbond substituents is 1. The van der Waals surface area contributed by atoms with Crippen LogP contribution in [0.15, 0.2) is 18.2 Å². The second-order valence-corrected chi connectivity index (χ2v) is 10.7. The lowest BCUT2D eigenvalue weighted by Crippen LogP contribution is -2.45. The molecule has 0 radical (unpaired) electrons. The largest absolute Gasteiger partial charge is 0.508 e. The van der Waals surface area contributed by atoms with Crippen LogP contribution in [0.2, 0.25) is 0 Å². The Bertz CT molecular complexity index is 780. The molecule has 3 nitrogen and oxygen atoms in total. The normalized spacial score (nSPS) is 37.4. The molecule has 3 heteroatoms. The number of benzene rings is 1. The van der Waals surface area contributed by atoms with E-state index in [4.69, 9.17) is 4.74 Å². The van der Waals surface area contributed by atoms with Crippen molar-refractivity contribution in [1.82, 2.24) is 0 Å². The van der Waals surface area contributed by atoms with Gasteiger partial charge in [-0.3, -0.25) is 4.79 Å². The van der Waals surface area contributed by atoms with Gasteiger partial charge in [-0.1, -0.05) is 32.8 Å². The Morgan fingerprint density at radius 3 is 2.72 bits per heavy atom. The SMILES string of the molecule is CC(C(=O)O[C@H]1CC[C@H]2[C@@H]3CCc4cc(O)ccc4[C@H]3CC[C@]12C)C1CCCC1. The van der Waals surface area contributed by atoms with Crippen molar-refractivity contribution in [3.8, 4) is 5.75 Å². The van der Waals surface area contributed by atoms with Crippen molar-refractivity contribution in [3.63, 3.8) is 0 Å². The molecule has 6 atom stereocenters. The predicted octanol–water partition coefficient (Wildman–Crippen LogP) is 5.99. The minimum absolute atomic E-state index is 0.0609. The van der Waals surface area contributed by atoms with Crippen molar-refractivity contribution >= 4 is 5.97 Å². The highest BCUT2D eigenvalue weighted by Crippen LogP contribution is 2.61. The summed E-state index contributed by atoms with van der Waals surface area (Å²) in [6.07, 6.45) is 11.9. The highest BCUT2D eigenvalue weighted by molar-refractivity contribution is 5.72. The molecule has 0 bridgehead atoms. The van der Waals surface area contributed by atoms with Crippen LogP contribution in [0.25, 0.3) is 0 Å². The fourth-order valence-electron chi connectivity index (χ4n) is 7.61. The highest BCUT2D eigenvalue weighted by Gasteiger charge is 2.56. The fraction of sp³-hybridized carbons (Fsp3) is 0.731. The summed E-state index contributed by atoms with van der Waals surface area (Å²) in [5, 5.41) is 9.87. The summed E-state index contributed by atoms with van der Waals surface area (Å²) in [5.41, 5.74) is 2.96. The van der Waals surface area contributed by atoms with E-state index in [9.17, 15) is 9.90 Å². The minimum atomic E-state index is 0.0609. The minimum Gasteiger partial charge on any atom is -0.508 e. The summed E-state index contributed by atoms with van der Waals surface area (Å²) in [4.78, 5) is 12.9. The van der Waals surface area contributed by atoms with Crippen molar-refractivity contribution in [2.45, 2.75) is 90.1 Å². The van der Waals surface area contributed by atoms with Gasteiger partial charge in [0.05, 0.1) is 5.92 Å². The molecule has 29 heavy (non-hydrogen) atoms. The zero-order chi connectivity index (χ0) is 20.2. The molecule has 0 heterocycles. The lowest BCUT2D eigenvalue weighted by Gasteiger charge is -2.50.